The second-order valence-corrected chi connectivity index (χ2v) is 7.59. The van der Waals surface area contributed by atoms with Gasteiger partial charge in [0.2, 0.25) is 5.91 Å². The predicted molar refractivity (Wildman–Crippen MR) is 146 cm³/mol. The third-order valence-electron chi connectivity index (χ3n) is 4.74. The standard InChI is InChI=1S/C25H36N4O3.HI/c1-6-31-22-13-10-19(16-23(22)32-7-2)14-15-27-25(26-5)28-17-20-8-11-21(12-9-20)29-24(30)18(3)4;/h8-13,16,18H,6-7,14-15,17H2,1-5H3,(H,29,30)(H2,26,27,28);1H. The molecule has 0 radical (unpaired) electrons. The zero-order valence-corrected chi connectivity index (χ0v) is 22.6. The Morgan fingerprint density at radius 3 is 2.18 bits per heavy atom. The highest BCUT2D eigenvalue weighted by Gasteiger charge is 2.08. The van der Waals surface area contributed by atoms with Crippen molar-refractivity contribution >= 4 is 41.5 Å². The van der Waals surface area contributed by atoms with Crippen LogP contribution in [0.1, 0.15) is 38.8 Å². The zero-order valence-electron chi connectivity index (χ0n) is 20.2. The second kappa shape index (κ2) is 15.4. The van der Waals surface area contributed by atoms with Crippen LogP contribution in [0.2, 0.25) is 0 Å². The average Bonchev–Trinajstić information content (AvgIpc) is 2.79. The summed E-state index contributed by atoms with van der Waals surface area (Å²) >= 11 is 0. The monoisotopic (exact) mass is 568 g/mol. The predicted octanol–water partition coefficient (Wildman–Crippen LogP) is 4.60. The molecule has 0 bridgehead atoms. The SMILES string of the molecule is CCOc1ccc(CCNC(=NC)NCc2ccc(NC(=O)C(C)C)cc2)cc1OCC.I. The molecule has 182 valence electrons. The quantitative estimate of drug-likeness (QED) is 0.210. The van der Waals surface area contributed by atoms with E-state index in [9.17, 15) is 4.79 Å². The molecular weight excluding hydrogens is 531 g/mol. The summed E-state index contributed by atoms with van der Waals surface area (Å²) < 4.78 is 11.3. The smallest absolute Gasteiger partial charge is 0.226 e. The van der Waals surface area contributed by atoms with Crippen LogP contribution >= 0.6 is 24.0 Å². The molecule has 0 saturated carbocycles. The summed E-state index contributed by atoms with van der Waals surface area (Å²) in [6.07, 6.45) is 0.831. The van der Waals surface area contributed by atoms with Gasteiger partial charge in [-0.2, -0.15) is 0 Å². The lowest BCUT2D eigenvalue weighted by molar-refractivity contribution is -0.118. The van der Waals surface area contributed by atoms with Gasteiger partial charge in [-0.05, 0) is 55.7 Å². The van der Waals surface area contributed by atoms with Gasteiger partial charge in [0.1, 0.15) is 0 Å². The van der Waals surface area contributed by atoms with E-state index in [-0.39, 0.29) is 35.8 Å². The highest BCUT2D eigenvalue weighted by molar-refractivity contribution is 14.0. The minimum absolute atomic E-state index is 0. The number of rotatable bonds is 11. The molecular formula is C25H37IN4O3. The lowest BCUT2D eigenvalue weighted by Crippen LogP contribution is -2.37. The minimum Gasteiger partial charge on any atom is -0.490 e. The van der Waals surface area contributed by atoms with Crippen LogP contribution in [-0.2, 0) is 17.8 Å². The number of aliphatic imine (C=N–C) groups is 1. The number of hydrogen-bond acceptors (Lipinski definition) is 4. The van der Waals surface area contributed by atoms with Crippen molar-refractivity contribution < 1.29 is 14.3 Å². The molecule has 0 aliphatic carbocycles. The maximum atomic E-state index is 11.8. The van der Waals surface area contributed by atoms with Crippen LogP contribution in [0, 0.1) is 5.92 Å². The first-order chi connectivity index (χ1) is 15.5. The molecule has 0 spiro atoms. The van der Waals surface area contributed by atoms with E-state index < -0.39 is 0 Å². The number of ether oxygens (including phenoxy) is 2. The van der Waals surface area contributed by atoms with Gasteiger partial charge in [0, 0.05) is 31.7 Å². The number of amides is 1. The fraction of sp³-hybridized carbons (Fsp3) is 0.440. The highest BCUT2D eigenvalue weighted by Crippen LogP contribution is 2.28. The molecule has 2 rings (SSSR count). The largest absolute Gasteiger partial charge is 0.490 e. The Kier molecular flexibility index (Phi) is 13.3. The Bertz CT molecular complexity index is 886. The van der Waals surface area contributed by atoms with E-state index in [0.29, 0.717) is 19.8 Å². The molecule has 7 nitrogen and oxygen atoms in total. The van der Waals surface area contributed by atoms with Crippen molar-refractivity contribution in [3.05, 3.63) is 53.6 Å². The first kappa shape index (κ1) is 28.5. The third-order valence-corrected chi connectivity index (χ3v) is 4.74. The van der Waals surface area contributed by atoms with E-state index in [2.05, 4.69) is 27.0 Å². The summed E-state index contributed by atoms with van der Waals surface area (Å²) in [6, 6.07) is 13.9. The van der Waals surface area contributed by atoms with E-state index in [0.717, 1.165) is 41.7 Å². The number of halogens is 1. The Morgan fingerprint density at radius 2 is 1.58 bits per heavy atom. The van der Waals surface area contributed by atoms with Gasteiger partial charge in [-0.1, -0.05) is 32.0 Å². The summed E-state index contributed by atoms with van der Waals surface area (Å²) in [4.78, 5) is 16.1. The minimum atomic E-state index is -0.0425. The molecule has 0 aliphatic rings. The summed E-state index contributed by atoms with van der Waals surface area (Å²) in [7, 11) is 1.75. The van der Waals surface area contributed by atoms with Crippen LogP contribution in [0.15, 0.2) is 47.5 Å². The third kappa shape index (κ3) is 9.89. The molecule has 0 atom stereocenters. The van der Waals surface area contributed by atoms with E-state index in [1.165, 1.54) is 5.56 Å². The number of anilines is 1. The van der Waals surface area contributed by atoms with Crippen LogP contribution in [0.3, 0.4) is 0 Å². The lowest BCUT2D eigenvalue weighted by Gasteiger charge is -2.14. The summed E-state index contributed by atoms with van der Waals surface area (Å²) in [5.41, 5.74) is 3.07. The average molecular weight is 569 g/mol. The highest BCUT2D eigenvalue weighted by atomic mass is 127. The van der Waals surface area contributed by atoms with E-state index in [1.807, 2.05) is 64.1 Å². The number of guanidine groups is 1. The van der Waals surface area contributed by atoms with Crippen molar-refractivity contribution in [1.29, 1.82) is 0 Å². The van der Waals surface area contributed by atoms with Crippen LogP contribution in [-0.4, -0.2) is 38.7 Å². The van der Waals surface area contributed by atoms with Crippen molar-refractivity contribution in [2.75, 3.05) is 32.1 Å². The number of benzene rings is 2. The van der Waals surface area contributed by atoms with E-state index >= 15 is 0 Å². The van der Waals surface area contributed by atoms with Crippen LogP contribution in [0.5, 0.6) is 11.5 Å². The Labute approximate surface area is 214 Å². The molecule has 2 aromatic rings. The molecule has 0 aliphatic heterocycles. The molecule has 8 heteroatoms. The first-order valence-corrected chi connectivity index (χ1v) is 11.2. The molecule has 0 aromatic heterocycles. The van der Waals surface area contributed by atoms with Gasteiger partial charge in [0.25, 0.3) is 0 Å². The molecule has 0 heterocycles. The molecule has 1 amide bonds. The van der Waals surface area contributed by atoms with Crippen molar-refractivity contribution in [2.45, 2.75) is 40.7 Å². The normalized spacial score (nSPS) is 10.9. The van der Waals surface area contributed by atoms with Crippen LogP contribution in [0.25, 0.3) is 0 Å². The van der Waals surface area contributed by atoms with Gasteiger partial charge >= 0.3 is 0 Å². The van der Waals surface area contributed by atoms with Gasteiger partial charge in [-0.25, -0.2) is 0 Å². The van der Waals surface area contributed by atoms with Crippen molar-refractivity contribution in [3.63, 3.8) is 0 Å². The maximum Gasteiger partial charge on any atom is 0.226 e. The van der Waals surface area contributed by atoms with Crippen LogP contribution < -0.4 is 25.4 Å². The second-order valence-electron chi connectivity index (χ2n) is 7.59. The van der Waals surface area contributed by atoms with Gasteiger partial charge in [-0.15, -0.1) is 24.0 Å². The zero-order chi connectivity index (χ0) is 23.3. The summed E-state index contributed by atoms with van der Waals surface area (Å²) in [5.74, 6) is 2.26. The Hall–Kier alpha value is -2.49. The fourth-order valence-electron chi connectivity index (χ4n) is 2.98. The first-order valence-electron chi connectivity index (χ1n) is 11.2. The van der Waals surface area contributed by atoms with Crippen molar-refractivity contribution in [1.82, 2.24) is 10.6 Å². The molecule has 33 heavy (non-hydrogen) atoms. The van der Waals surface area contributed by atoms with Crippen molar-refractivity contribution in [3.8, 4) is 11.5 Å². The van der Waals surface area contributed by atoms with Crippen LogP contribution in [0.4, 0.5) is 5.69 Å². The lowest BCUT2D eigenvalue weighted by atomic mass is 10.1. The number of carbonyl (C=O) groups is 1. The molecule has 0 fully saturated rings. The van der Waals surface area contributed by atoms with E-state index in [1.54, 1.807) is 7.05 Å². The molecule has 0 saturated heterocycles. The number of nitrogens with one attached hydrogen (secondary N) is 3. The van der Waals surface area contributed by atoms with Gasteiger partial charge in [0.05, 0.1) is 13.2 Å². The number of nitrogens with zero attached hydrogens (tertiary/aromatic N) is 1. The van der Waals surface area contributed by atoms with Crippen molar-refractivity contribution in [2.24, 2.45) is 10.9 Å². The number of hydrogen-bond donors (Lipinski definition) is 3. The molecule has 0 unspecified atom stereocenters. The maximum absolute atomic E-state index is 11.8. The number of carbonyl (C=O) groups excluding carboxylic acids is 1. The topological polar surface area (TPSA) is 84.0 Å². The van der Waals surface area contributed by atoms with Gasteiger partial charge < -0.3 is 25.4 Å². The van der Waals surface area contributed by atoms with Gasteiger partial charge in [0.15, 0.2) is 17.5 Å². The molecule has 3 N–H and O–H groups in total. The fourth-order valence-corrected chi connectivity index (χ4v) is 2.98. The van der Waals surface area contributed by atoms with Gasteiger partial charge in [-0.3, -0.25) is 9.79 Å². The van der Waals surface area contributed by atoms with E-state index in [4.69, 9.17) is 9.47 Å². The Balaban J connectivity index is 0.00000544. The summed E-state index contributed by atoms with van der Waals surface area (Å²) in [6.45, 7) is 10.3. The Morgan fingerprint density at radius 1 is 0.939 bits per heavy atom. The summed E-state index contributed by atoms with van der Waals surface area (Å²) in [5, 5.41) is 9.55. The molecule has 2 aromatic carbocycles.